The summed E-state index contributed by atoms with van der Waals surface area (Å²) < 4.78 is 5.79. The first kappa shape index (κ1) is 22.6. The van der Waals surface area contributed by atoms with Gasteiger partial charge in [-0.15, -0.1) is 0 Å². The SMILES string of the molecule is CN1CCN(c2ccc(NC(=O)c3cnc4c(c3)C(c3ccc5c(c3)CCCO5)=CCN4)cc2)CC1. The average Bonchev–Trinajstić information content (AvgIpc) is 2.93. The summed E-state index contributed by atoms with van der Waals surface area (Å²) in [5, 5.41) is 6.36. The number of carbonyl (C=O) groups excluding carboxylic acids is 1. The Morgan fingerprint density at radius 3 is 2.72 bits per heavy atom. The predicted molar refractivity (Wildman–Crippen MR) is 144 cm³/mol. The Hall–Kier alpha value is -3.84. The second kappa shape index (κ2) is 9.66. The summed E-state index contributed by atoms with van der Waals surface area (Å²) in [7, 11) is 2.15. The van der Waals surface area contributed by atoms with E-state index >= 15 is 0 Å². The smallest absolute Gasteiger partial charge is 0.257 e. The van der Waals surface area contributed by atoms with Crippen molar-refractivity contribution >= 4 is 28.7 Å². The van der Waals surface area contributed by atoms with E-state index in [0.29, 0.717) is 12.1 Å². The molecule has 2 N–H and O–H groups in total. The number of fused-ring (bicyclic) bond motifs is 2. The molecule has 3 aliphatic rings. The summed E-state index contributed by atoms with van der Waals surface area (Å²) in [6.07, 6.45) is 5.86. The number of anilines is 3. The second-order valence-electron chi connectivity index (χ2n) is 9.68. The zero-order chi connectivity index (χ0) is 24.5. The molecule has 3 aromatic rings. The number of aromatic nitrogens is 1. The number of likely N-dealkylation sites (N-methyl/N-ethyl adjacent to an activating group) is 1. The topological polar surface area (TPSA) is 69.7 Å². The van der Waals surface area contributed by atoms with Gasteiger partial charge in [-0.3, -0.25) is 4.79 Å². The molecule has 0 atom stereocenters. The van der Waals surface area contributed by atoms with Crippen LogP contribution in [0.2, 0.25) is 0 Å². The third kappa shape index (κ3) is 4.54. The fourth-order valence-electron chi connectivity index (χ4n) is 5.12. The van der Waals surface area contributed by atoms with Gasteiger partial charge in [0.05, 0.1) is 12.2 Å². The number of piperazine rings is 1. The van der Waals surface area contributed by atoms with Crippen LogP contribution in [0, 0.1) is 0 Å². The van der Waals surface area contributed by atoms with Gasteiger partial charge in [-0.05, 0) is 79.1 Å². The van der Waals surface area contributed by atoms with Crippen LogP contribution in [0.1, 0.15) is 33.5 Å². The van der Waals surface area contributed by atoms with Crippen molar-refractivity contribution in [2.75, 3.05) is 61.9 Å². The minimum absolute atomic E-state index is 0.165. The second-order valence-corrected chi connectivity index (χ2v) is 9.68. The molecule has 0 spiro atoms. The van der Waals surface area contributed by atoms with Crippen molar-refractivity contribution in [3.63, 3.8) is 0 Å². The first-order valence-electron chi connectivity index (χ1n) is 12.7. The highest BCUT2D eigenvalue weighted by atomic mass is 16.5. The summed E-state index contributed by atoms with van der Waals surface area (Å²) in [5.41, 5.74) is 6.90. The van der Waals surface area contributed by atoms with Gasteiger partial charge in [0.2, 0.25) is 0 Å². The van der Waals surface area contributed by atoms with E-state index < -0.39 is 0 Å². The number of hydrogen-bond acceptors (Lipinski definition) is 6. The summed E-state index contributed by atoms with van der Waals surface area (Å²) in [5.74, 6) is 1.61. The maximum Gasteiger partial charge on any atom is 0.257 e. The van der Waals surface area contributed by atoms with E-state index in [1.807, 2.05) is 18.2 Å². The first-order chi connectivity index (χ1) is 17.6. The maximum atomic E-state index is 13.1. The Morgan fingerprint density at radius 2 is 1.89 bits per heavy atom. The van der Waals surface area contributed by atoms with Crippen LogP contribution in [-0.4, -0.2) is 62.2 Å². The Morgan fingerprint density at radius 1 is 1.06 bits per heavy atom. The van der Waals surface area contributed by atoms with E-state index in [1.165, 1.54) is 11.3 Å². The van der Waals surface area contributed by atoms with Crippen LogP contribution in [0.15, 0.2) is 60.8 Å². The lowest BCUT2D eigenvalue weighted by molar-refractivity contribution is 0.102. The van der Waals surface area contributed by atoms with Crippen molar-refractivity contribution in [2.45, 2.75) is 12.8 Å². The molecule has 6 rings (SSSR count). The van der Waals surface area contributed by atoms with Gasteiger partial charge >= 0.3 is 0 Å². The minimum atomic E-state index is -0.165. The molecule has 1 aromatic heterocycles. The normalized spacial score (nSPS) is 17.2. The van der Waals surface area contributed by atoms with Crippen molar-refractivity contribution in [3.05, 3.63) is 83.1 Å². The third-order valence-corrected chi connectivity index (χ3v) is 7.23. The van der Waals surface area contributed by atoms with Gasteiger partial charge in [-0.25, -0.2) is 4.98 Å². The molecule has 7 nitrogen and oxygen atoms in total. The van der Waals surface area contributed by atoms with Crippen LogP contribution in [0.3, 0.4) is 0 Å². The standard InChI is InChI=1S/C29H31N5O2/c1-33-12-14-34(15-13-33)24-7-5-23(6-8-24)32-29(35)22-18-26-25(10-11-30-28(26)31-19-22)20-4-9-27-21(17-20)3-2-16-36-27/h4-10,17-19H,2-3,11-16H2,1H3,(H,30,31)(H,32,35). The molecule has 4 heterocycles. The number of amides is 1. The number of carbonyl (C=O) groups is 1. The van der Waals surface area contributed by atoms with Crippen molar-refractivity contribution in [1.82, 2.24) is 9.88 Å². The van der Waals surface area contributed by atoms with Crippen LogP contribution in [-0.2, 0) is 6.42 Å². The van der Waals surface area contributed by atoms with E-state index in [4.69, 9.17) is 4.74 Å². The fraction of sp³-hybridized carbons (Fsp3) is 0.310. The van der Waals surface area contributed by atoms with Gasteiger partial charge in [0.15, 0.2) is 0 Å². The molecule has 0 radical (unpaired) electrons. The quantitative estimate of drug-likeness (QED) is 0.580. The molecular formula is C29H31N5O2. The van der Waals surface area contributed by atoms with Crippen LogP contribution in [0.25, 0.3) is 5.57 Å². The molecule has 1 saturated heterocycles. The number of benzene rings is 2. The third-order valence-electron chi connectivity index (χ3n) is 7.23. The molecule has 2 aromatic carbocycles. The summed E-state index contributed by atoms with van der Waals surface area (Å²) in [6.45, 7) is 5.65. The summed E-state index contributed by atoms with van der Waals surface area (Å²) in [4.78, 5) is 22.4. The molecule has 0 unspecified atom stereocenters. The van der Waals surface area contributed by atoms with Gasteiger partial charge in [0.25, 0.3) is 5.91 Å². The number of ether oxygens (including phenoxy) is 1. The molecule has 1 fully saturated rings. The van der Waals surface area contributed by atoms with Gasteiger partial charge in [0.1, 0.15) is 11.6 Å². The minimum Gasteiger partial charge on any atom is -0.493 e. The van der Waals surface area contributed by atoms with Crippen molar-refractivity contribution in [1.29, 1.82) is 0 Å². The number of nitrogens with one attached hydrogen (secondary N) is 2. The maximum absolute atomic E-state index is 13.1. The highest BCUT2D eigenvalue weighted by Gasteiger charge is 2.20. The molecular weight excluding hydrogens is 450 g/mol. The average molecular weight is 482 g/mol. The zero-order valence-electron chi connectivity index (χ0n) is 20.6. The number of pyridine rings is 1. The fourth-order valence-corrected chi connectivity index (χ4v) is 5.12. The summed E-state index contributed by atoms with van der Waals surface area (Å²) >= 11 is 0. The number of aryl methyl sites for hydroxylation is 1. The van der Waals surface area contributed by atoms with E-state index in [-0.39, 0.29) is 5.91 Å². The van der Waals surface area contributed by atoms with E-state index in [9.17, 15) is 4.79 Å². The molecule has 7 heteroatoms. The highest BCUT2D eigenvalue weighted by Crippen LogP contribution is 2.35. The zero-order valence-corrected chi connectivity index (χ0v) is 20.6. The lowest BCUT2D eigenvalue weighted by Crippen LogP contribution is -2.44. The van der Waals surface area contributed by atoms with Crippen molar-refractivity contribution < 1.29 is 9.53 Å². The molecule has 0 saturated carbocycles. The summed E-state index contributed by atoms with van der Waals surface area (Å²) in [6, 6.07) is 16.4. The molecule has 0 bridgehead atoms. The highest BCUT2D eigenvalue weighted by molar-refractivity contribution is 6.05. The Labute approximate surface area is 211 Å². The van der Waals surface area contributed by atoms with E-state index in [1.54, 1.807) is 6.20 Å². The van der Waals surface area contributed by atoms with Gasteiger partial charge in [-0.1, -0.05) is 12.1 Å². The first-order valence-corrected chi connectivity index (χ1v) is 12.7. The molecule has 36 heavy (non-hydrogen) atoms. The molecule has 0 aliphatic carbocycles. The molecule has 184 valence electrons. The van der Waals surface area contributed by atoms with Crippen LogP contribution >= 0.6 is 0 Å². The van der Waals surface area contributed by atoms with Crippen molar-refractivity contribution in [3.8, 4) is 5.75 Å². The van der Waals surface area contributed by atoms with Gasteiger partial charge in [0, 0.05) is 55.9 Å². The van der Waals surface area contributed by atoms with Gasteiger partial charge in [-0.2, -0.15) is 0 Å². The molecule has 1 amide bonds. The van der Waals surface area contributed by atoms with E-state index in [2.05, 4.69) is 68.9 Å². The Kier molecular flexibility index (Phi) is 6.07. The number of hydrogen-bond donors (Lipinski definition) is 2. The monoisotopic (exact) mass is 481 g/mol. The lowest BCUT2D eigenvalue weighted by atomic mass is 9.92. The number of rotatable bonds is 4. The predicted octanol–water partition coefficient (Wildman–Crippen LogP) is 4.27. The van der Waals surface area contributed by atoms with Crippen LogP contribution in [0.5, 0.6) is 5.75 Å². The van der Waals surface area contributed by atoms with Crippen LogP contribution < -0.4 is 20.3 Å². The van der Waals surface area contributed by atoms with Gasteiger partial charge < -0.3 is 25.2 Å². The Balaban J connectivity index is 1.20. The van der Waals surface area contributed by atoms with Crippen LogP contribution in [0.4, 0.5) is 17.2 Å². The lowest BCUT2D eigenvalue weighted by Gasteiger charge is -2.34. The Bertz CT molecular complexity index is 1310. The van der Waals surface area contributed by atoms with E-state index in [0.717, 1.165) is 79.6 Å². The van der Waals surface area contributed by atoms with Crippen molar-refractivity contribution in [2.24, 2.45) is 0 Å². The largest absolute Gasteiger partial charge is 0.493 e. The number of nitrogens with zero attached hydrogens (tertiary/aromatic N) is 3. The molecule has 3 aliphatic heterocycles.